The number of nitriles is 1. The highest BCUT2D eigenvalue weighted by Gasteiger charge is 2.62. The number of nitrogens with zero attached hydrogens (tertiary/aromatic N) is 1. The van der Waals surface area contributed by atoms with Gasteiger partial charge in [0.15, 0.2) is 0 Å². The molecule has 2 aliphatic carbocycles. The molecule has 1 aromatic rings. The first kappa shape index (κ1) is 9.42. The predicted octanol–water partition coefficient (Wildman–Crippen LogP) is 3.78. The minimum atomic E-state index is -0.198. The van der Waals surface area contributed by atoms with Gasteiger partial charge >= 0.3 is 0 Å². The molecule has 0 radical (unpaired) electrons. The zero-order chi connectivity index (χ0) is 10.5. The summed E-state index contributed by atoms with van der Waals surface area (Å²) in [4.78, 5) is 0. The molecule has 76 valence electrons. The zero-order valence-corrected chi connectivity index (χ0v) is 10.0. The van der Waals surface area contributed by atoms with Gasteiger partial charge in [-0.3, -0.25) is 0 Å². The molecule has 0 amide bonds. The maximum Gasteiger partial charge on any atom is 0.0843 e. The molecule has 2 saturated carbocycles. The molecule has 0 N–H and O–H groups in total. The standard InChI is InChI=1S/C13H12BrN/c14-11-4-2-1-3-10(11)13(9-15)7-12(8-13)5-6-12/h1-4H,5-8H2. The molecular formula is C13H12BrN. The lowest BCUT2D eigenvalue weighted by atomic mass is 9.57. The normalized spacial score (nSPS) is 24.3. The summed E-state index contributed by atoms with van der Waals surface area (Å²) >= 11 is 3.55. The Morgan fingerprint density at radius 3 is 2.40 bits per heavy atom. The molecule has 0 unspecified atom stereocenters. The Morgan fingerprint density at radius 1 is 1.20 bits per heavy atom. The molecule has 1 aromatic carbocycles. The molecule has 0 aromatic heterocycles. The number of hydrogen-bond acceptors (Lipinski definition) is 1. The van der Waals surface area contributed by atoms with Crippen LogP contribution in [0, 0.1) is 16.7 Å². The van der Waals surface area contributed by atoms with E-state index in [-0.39, 0.29) is 5.41 Å². The molecule has 2 heteroatoms. The lowest BCUT2D eigenvalue weighted by Crippen LogP contribution is -2.41. The fourth-order valence-corrected chi connectivity index (χ4v) is 3.60. The molecule has 1 nitrogen and oxygen atoms in total. The molecule has 3 rings (SSSR count). The van der Waals surface area contributed by atoms with Gasteiger partial charge in [-0.15, -0.1) is 0 Å². The molecule has 15 heavy (non-hydrogen) atoms. The summed E-state index contributed by atoms with van der Waals surface area (Å²) in [6, 6.07) is 10.7. The summed E-state index contributed by atoms with van der Waals surface area (Å²) in [5, 5.41) is 9.40. The minimum absolute atomic E-state index is 0.198. The Bertz CT molecular complexity index is 446. The van der Waals surface area contributed by atoms with Crippen LogP contribution in [0.15, 0.2) is 28.7 Å². The molecule has 0 atom stereocenters. The second-order valence-corrected chi connectivity index (χ2v) is 5.88. The number of halogens is 1. The third kappa shape index (κ3) is 1.26. The van der Waals surface area contributed by atoms with Crippen molar-refractivity contribution in [2.75, 3.05) is 0 Å². The summed E-state index contributed by atoms with van der Waals surface area (Å²) in [6.07, 6.45) is 4.81. The van der Waals surface area contributed by atoms with Crippen molar-refractivity contribution in [1.82, 2.24) is 0 Å². The van der Waals surface area contributed by atoms with Gasteiger partial charge in [0.25, 0.3) is 0 Å². The van der Waals surface area contributed by atoms with Crippen molar-refractivity contribution in [1.29, 1.82) is 5.26 Å². The van der Waals surface area contributed by atoms with Gasteiger partial charge in [-0.2, -0.15) is 5.26 Å². The highest BCUT2D eigenvalue weighted by Crippen LogP contribution is 2.69. The molecule has 2 fully saturated rings. The maximum atomic E-state index is 9.40. The van der Waals surface area contributed by atoms with Gasteiger partial charge in [-0.05, 0) is 42.7 Å². The SMILES string of the molecule is N#CC1(c2ccccc2Br)CC2(CC2)C1. The molecule has 1 spiro atoms. The molecule has 0 aliphatic heterocycles. The van der Waals surface area contributed by atoms with Crippen LogP contribution < -0.4 is 0 Å². The Hall–Kier alpha value is -0.810. The van der Waals surface area contributed by atoms with Crippen molar-refractivity contribution in [3.05, 3.63) is 34.3 Å². The highest BCUT2D eigenvalue weighted by molar-refractivity contribution is 9.10. The Labute approximate surface area is 98.2 Å². The van der Waals surface area contributed by atoms with Gasteiger partial charge in [0.05, 0.1) is 11.5 Å². The lowest BCUT2D eigenvalue weighted by Gasteiger charge is -2.44. The first-order valence-electron chi connectivity index (χ1n) is 5.36. The van der Waals surface area contributed by atoms with Crippen LogP contribution in [0.1, 0.15) is 31.2 Å². The van der Waals surface area contributed by atoms with E-state index in [9.17, 15) is 5.26 Å². The Kier molecular flexibility index (Phi) is 1.79. The van der Waals surface area contributed by atoms with Crippen LogP contribution in [-0.4, -0.2) is 0 Å². The van der Waals surface area contributed by atoms with Crippen LogP contribution in [0.25, 0.3) is 0 Å². The Morgan fingerprint density at radius 2 is 1.87 bits per heavy atom. The third-order valence-electron chi connectivity index (χ3n) is 3.91. The van der Waals surface area contributed by atoms with Crippen molar-refractivity contribution in [2.45, 2.75) is 31.1 Å². The molecule has 2 aliphatic rings. The van der Waals surface area contributed by atoms with Crippen LogP contribution in [0.5, 0.6) is 0 Å². The van der Waals surface area contributed by atoms with Gasteiger partial charge in [-0.25, -0.2) is 0 Å². The van der Waals surface area contributed by atoms with Crippen molar-refractivity contribution in [3.63, 3.8) is 0 Å². The van der Waals surface area contributed by atoms with E-state index in [0.29, 0.717) is 5.41 Å². The number of benzene rings is 1. The molecule has 0 heterocycles. The van der Waals surface area contributed by atoms with Crippen LogP contribution in [0.2, 0.25) is 0 Å². The lowest BCUT2D eigenvalue weighted by molar-refractivity contribution is 0.172. The van der Waals surface area contributed by atoms with Crippen molar-refractivity contribution in [2.24, 2.45) is 5.41 Å². The average molecular weight is 262 g/mol. The van der Waals surface area contributed by atoms with E-state index in [2.05, 4.69) is 28.1 Å². The van der Waals surface area contributed by atoms with Crippen molar-refractivity contribution < 1.29 is 0 Å². The van der Waals surface area contributed by atoms with Crippen LogP contribution in [0.3, 0.4) is 0 Å². The van der Waals surface area contributed by atoms with Crippen molar-refractivity contribution >= 4 is 15.9 Å². The second kappa shape index (κ2) is 2.86. The fourth-order valence-electron chi connectivity index (χ4n) is 2.94. The summed E-state index contributed by atoms with van der Waals surface area (Å²) in [5.74, 6) is 0. The van der Waals surface area contributed by atoms with E-state index in [4.69, 9.17) is 0 Å². The van der Waals surface area contributed by atoms with Crippen LogP contribution >= 0.6 is 15.9 Å². The monoisotopic (exact) mass is 261 g/mol. The van der Waals surface area contributed by atoms with Gasteiger partial charge < -0.3 is 0 Å². The summed E-state index contributed by atoms with van der Waals surface area (Å²) in [5.41, 5.74) is 1.55. The van der Waals surface area contributed by atoms with Gasteiger partial charge in [-0.1, -0.05) is 34.1 Å². The maximum absolute atomic E-state index is 9.40. The third-order valence-corrected chi connectivity index (χ3v) is 4.61. The smallest absolute Gasteiger partial charge is 0.0843 e. The fraction of sp³-hybridized carbons (Fsp3) is 0.462. The quantitative estimate of drug-likeness (QED) is 0.755. The van der Waals surface area contributed by atoms with Crippen molar-refractivity contribution in [3.8, 4) is 6.07 Å². The first-order chi connectivity index (χ1) is 7.20. The largest absolute Gasteiger partial charge is 0.197 e. The second-order valence-electron chi connectivity index (χ2n) is 5.03. The van der Waals surface area contributed by atoms with E-state index < -0.39 is 0 Å². The first-order valence-corrected chi connectivity index (χ1v) is 6.15. The molecular weight excluding hydrogens is 250 g/mol. The topological polar surface area (TPSA) is 23.8 Å². The molecule has 0 saturated heterocycles. The average Bonchev–Trinajstić information content (AvgIpc) is 2.96. The predicted molar refractivity (Wildman–Crippen MR) is 62.3 cm³/mol. The van der Waals surface area contributed by atoms with Gasteiger partial charge in [0, 0.05) is 4.47 Å². The summed E-state index contributed by atoms with van der Waals surface area (Å²) in [7, 11) is 0. The summed E-state index contributed by atoms with van der Waals surface area (Å²) in [6.45, 7) is 0. The van der Waals surface area contributed by atoms with E-state index in [1.54, 1.807) is 0 Å². The van der Waals surface area contributed by atoms with Gasteiger partial charge in [0.1, 0.15) is 0 Å². The highest BCUT2D eigenvalue weighted by atomic mass is 79.9. The van der Waals surface area contributed by atoms with E-state index >= 15 is 0 Å². The van der Waals surface area contributed by atoms with E-state index in [1.165, 1.54) is 18.4 Å². The number of hydrogen-bond donors (Lipinski definition) is 0. The number of rotatable bonds is 1. The van der Waals surface area contributed by atoms with Gasteiger partial charge in [0.2, 0.25) is 0 Å². The van der Waals surface area contributed by atoms with Crippen LogP contribution in [-0.2, 0) is 5.41 Å². The van der Waals surface area contributed by atoms with Crippen LogP contribution in [0.4, 0.5) is 0 Å². The zero-order valence-electron chi connectivity index (χ0n) is 8.46. The van der Waals surface area contributed by atoms with E-state index in [1.807, 2.05) is 18.2 Å². The minimum Gasteiger partial charge on any atom is -0.197 e. The summed E-state index contributed by atoms with van der Waals surface area (Å²) < 4.78 is 1.09. The molecule has 0 bridgehead atoms. The Balaban J connectivity index is 1.99. The van der Waals surface area contributed by atoms with E-state index in [0.717, 1.165) is 17.3 Å².